The van der Waals surface area contributed by atoms with Crippen LogP contribution < -0.4 is 9.62 Å². The average Bonchev–Trinajstić information content (AvgIpc) is 2.54. The second-order valence-corrected chi connectivity index (χ2v) is 7.09. The molecule has 23 heavy (non-hydrogen) atoms. The van der Waals surface area contributed by atoms with E-state index in [2.05, 4.69) is 5.32 Å². The predicted octanol–water partition coefficient (Wildman–Crippen LogP) is 2.16. The minimum absolute atomic E-state index is 0.106. The van der Waals surface area contributed by atoms with Gasteiger partial charge in [-0.25, -0.2) is 8.42 Å². The quantitative estimate of drug-likeness (QED) is 0.845. The number of benzene rings is 2. The second-order valence-electron chi connectivity index (χ2n) is 5.18. The lowest BCUT2D eigenvalue weighted by Crippen LogP contribution is -2.34. The molecule has 2 rings (SSSR count). The van der Waals surface area contributed by atoms with Crippen LogP contribution in [0.5, 0.6) is 0 Å². The number of sulfonamides is 1. The van der Waals surface area contributed by atoms with Crippen LogP contribution in [0.1, 0.15) is 12.0 Å². The van der Waals surface area contributed by atoms with Crippen LogP contribution in [0, 0.1) is 0 Å². The van der Waals surface area contributed by atoms with E-state index in [1.807, 2.05) is 36.4 Å². The van der Waals surface area contributed by atoms with Crippen molar-refractivity contribution >= 4 is 21.6 Å². The van der Waals surface area contributed by atoms with Gasteiger partial charge in [-0.3, -0.25) is 9.10 Å². The van der Waals surface area contributed by atoms with Crippen LogP contribution in [0.2, 0.25) is 0 Å². The SMILES string of the molecule is CS(=O)(=O)N(CCC(=O)NCc1ccccc1)c1ccccc1. The summed E-state index contributed by atoms with van der Waals surface area (Å²) < 4.78 is 25.1. The molecule has 2 aromatic carbocycles. The van der Waals surface area contributed by atoms with Gasteiger partial charge < -0.3 is 5.32 Å². The third kappa shape index (κ3) is 5.41. The number of carbonyl (C=O) groups excluding carboxylic acids is 1. The van der Waals surface area contributed by atoms with Crippen molar-refractivity contribution in [2.45, 2.75) is 13.0 Å². The molecule has 0 radical (unpaired) electrons. The van der Waals surface area contributed by atoms with Gasteiger partial charge in [0.1, 0.15) is 0 Å². The van der Waals surface area contributed by atoms with Crippen LogP contribution in [0.4, 0.5) is 5.69 Å². The molecule has 0 aliphatic rings. The highest BCUT2D eigenvalue weighted by Crippen LogP contribution is 2.16. The van der Waals surface area contributed by atoms with E-state index in [-0.39, 0.29) is 18.9 Å². The maximum absolute atomic E-state index is 11.9. The fourth-order valence-corrected chi connectivity index (χ4v) is 3.10. The van der Waals surface area contributed by atoms with Crippen molar-refractivity contribution in [3.63, 3.8) is 0 Å². The predicted molar refractivity (Wildman–Crippen MR) is 91.5 cm³/mol. The third-order valence-electron chi connectivity index (χ3n) is 3.32. The van der Waals surface area contributed by atoms with Crippen LogP contribution >= 0.6 is 0 Å². The van der Waals surface area contributed by atoms with E-state index in [4.69, 9.17) is 0 Å². The smallest absolute Gasteiger partial charge is 0.232 e. The molecular formula is C17H20N2O3S. The van der Waals surface area contributed by atoms with Gasteiger partial charge in [-0.05, 0) is 17.7 Å². The van der Waals surface area contributed by atoms with E-state index in [0.717, 1.165) is 11.8 Å². The molecule has 1 N–H and O–H groups in total. The summed E-state index contributed by atoms with van der Waals surface area (Å²) in [6.07, 6.45) is 1.25. The topological polar surface area (TPSA) is 66.5 Å². The Bertz CT molecular complexity index is 731. The molecule has 0 spiro atoms. The van der Waals surface area contributed by atoms with Crippen molar-refractivity contribution in [2.24, 2.45) is 0 Å². The summed E-state index contributed by atoms with van der Waals surface area (Å²) in [6.45, 7) is 0.549. The van der Waals surface area contributed by atoms with E-state index in [1.54, 1.807) is 24.3 Å². The number of amides is 1. The molecule has 0 unspecified atom stereocenters. The van der Waals surface area contributed by atoms with Crippen LogP contribution in [0.3, 0.4) is 0 Å². The first-order chi connectivity index (χ1) is 11.0. The van der Waals surface area contributed by atoms with Gasteiger partial charge in [0.25, 0.3) is 0 Å². The van der Waals surface area contributed by atoms with Gasteiger partial charge in [0.2, 0.25) is 15.9 Å². The Morgan fingerprint density at radius 2 is 1.57 bits per heavy atom. The van der Waals surface area contributed by atoms with Crippen molar-refractivity contribution in [3.05, 3.63) is 66.2 Å². The zero-order valence-corrected chi connectivity index (χ0v) is 13.8. The second kappa shape index (κ2) is 7.78. The fraction of sp³-hybridized carbons (Fsp3) is 0.235. The number of rotatable bonds is 7. The summed E-state index contributed by atoms with van der Waals surface area (Å²) in [5.41, 5.74) is 1.56. The highest BCUT2D eigenvalue weighted by atomic mass is 32.2. The first-order valence-corrected chi connectivity index (χ1v) is 9.15. The summed E-state index contributed by atoms with van der Waals surface area (Å²) >= 11 is 0. The van der Waals surface area contributed by atoms with E-state index in [1.165, 1.54) is 4.31 Å². The standard InChI is InChI=1S/C17H20N2O3S/c1-23(21,22)19(16-10-6-3-7-11-16)13-12-17(20)18-14-15-8-4-2-5-9-15/h2-11H,12-14H2,1H3,(H,18,20). The molecule has 0 fully saturated rings. The Labute approximate surface area is 137 Å². The Hall–Kier alpha value is -2.34. The summed E-state index contributed by atoms with van der Waals surface area (Å²) in [7, 11) is -3.43. The maximum atomic E-state index is 11.9. The van der Waals surface area contributed by atoms with E-state index >= 15 is 0 Å². The Morgan fingerprint density at radius 1 is 1.00 bits per heavy atom. The first kappa shape index (κ1) is 17.0. The summed E-state index contributed by atoms with van der Waals surface area (Å²) in [5, 5.41) is 2.80. The van der Waals surface area contributed by atoms with E-state index < -0.39 is 10.0 Å². The highest BCUT2D eigenvalue weighted by molar-refractivity contribution is 7.92. The average molecular weight is 332 g/mol. The summed E-state index contributed by atoms with van der Waals surface area (Å²) in [4.78, 5) is 11.9. The van der Waals surface area contributed by atoms with Crippen molar-refractivity contribution in [1.82, 2.24) is 5.32 Å². The van der Waals surface area contributed by atoms with Crippen molar-refractivity contribution in [2.75, 3.05) is 17.1 Å². The molecule has 0 aromatic heterocycles. The molecule has 0 saturated heterocycles. The van der Waals surface area contributed by atoms with Crippen molar-refractivity contribution in [3.8, 4) is 0 Å². The molecule has 0 atom stereocenters. The van der Waals surface area contributed by atoms with Gasteiger partial charge in [-0.1, -0.05) is 48.5 Å². The molecule has 0 bridgehead atoms. The number of hydrogen-bond acceptors (Lipinski definition) is 3. The van der Waals surface area contributed by atoms with Crippen LogP contribution in [0.25, 0.3) is 0 Å². The van der Waals surface area contributed by atoms with Gasteiger partial charge >= 0.3 is 0 Å². The summed E-state index contributed by atoms with van der Waals surface area (Å²) in [5.74, 6) is -0.182. The maximum Gasteiger partial charge on any atom is 0.232 e. The zero-order chi connectivity index (χ0) is 16.7. The molecule has 1 amide bonds. The first-order valence-electron chi connectivity index (χ1n) is 7.30. The Kier molecular flexibility index (Phi) is 5.76. The van der Waals surface area contributed by atoms with Gasteiger partial charge in [-0.15, -0.1) is 0 Å². The third-order valence-corrected chi connectivity index (χ3v) is 4.51. The Balaban J connectivity index is 1.92. The van der Waals surface area contributed by atoms with Crippen LogP contribution in [0.15, 0.2) is 60.7 Å². The van der Waals surface area contributed by atoms with Crippen molar-refractivity contribution < 1.29 is 13.2 Å². The highest BCUT2D eigenvalue weighted by Gasteiger charge is 2.18. The van der Waals surface area contributed by atoms with E-state index in [9.17, 15) is 13.2 Å². The van der Waals surface area contributed by atoms with E-state index in [0.29, 0.717) is 12.2 Å². The minimum atomic E-state index is -3.43. The number of para-hydroxylation sites is 1. The number of nitrogens with zero attached hydrogens (tertiary/aromatic N) is 1. The minimum Gasteiger partial charge on any atom is -0.352 e. The van der Waals surface area contributed by atoms with Crippen LogP contribution in [-0.4, -0.2) is 27.1 Å². The molecule has 5 nitrogen and oxygen atoms in total. The number of hydrogen-bond donors (Lipinski definition) is 1. The normalized spacial score (nSPS) is 11.0. The lowest BCUT2D eigenvalue weighted by molar-refractivity contribution is -0.121. The fourth-order valence-electron chi connectivity index (χ4n) is 2.17. The number of anilines is 1. The van der Waals surface area contributed by atoms with Crippen molar-refractivity contribution in [1.29, 1.82) is 0 Å². The molecular weight excluding hydrogens is 312 g/mol. The number of carbonyl (C=O) groups is 1. The lowest BCUT2D eigenvalue weighted by Gasteiger charge is -2.22. The molecule has 0 saturated carbocycles. The number of nitrogens with one attached hydrogen (secondary N) is 1. The Morgan fingerprint density at radius 3 is 2.13 bits per heavy atom. The largest absolute Gasteiger partial charge is 0.352 e. The molecule has 0 heterocycles. The van der Waals surface area contributed by atoms with Gasteiger partial charge in [0, 0.05) is 19.5 Å². The van der Waals surface area contributed by atoms with Gasteiger partial charge in [0.15, 0.2) is 0 Å². The molecule has 122 valence electrons. The monoisotopic (exact) mass is 332 g/mol. The van der Waals surface area contributed by atoms with Crippen LogP contribution in [-0.2, 0) is 21.4 Å². The lowest BCUT2D eigenvalue weighted by atomic mass is 10.2. The molecule has 2 aromatic rings. The molecule has 0 aliphatic carbocycles. The molecule has 0 aliphatic heterocycles. The zero-order valence-electron chi connectivity index (χ0n) is 13.0. The van der Waals surface area contributed by atoms with Gasteiger partial charge in [-0.2, -0.15) is 0 Å². The summed E-state index contributed by atoms with van der Waals surface area (Å²) in [6, 6.07) is 18.3. The van der Waals surface area contributed by atoms with Gasteiger partial charge in [0.05, 0.1) is 11.9 Å². The molecule has 6 heteroatoms.